The Hall–Kier alpha value is -3.12. The molecule has 0 atom stereocenters. The third-order valence-corrected chi connectivity index (χ3v) is 4.40. The topological polar surface area (TPSA) is 76.1 Å². The fourth-order valence-electron chi connectivity index (χ4n) is 2.63. The van der Waals surface area contributed by atoms with Crippen LogP contribution in [0.3, 0.4) is 0 Å². The quantitative estimate of drug-likeness (QED) is 0.620. The van der Waals surface area contributed by atoms with Gasteiger partial charge in [-0.25, -0.2) is 9.97 Å². The van der Waals surface area contributed by atoms with E-state index in [1.54, 1.807) is 31.5 Å². The maximum absolute atomic E-state index is 12.5. The first-order chi connectivity index (χ1) is 13.5. The predicted molar refractivity (Wildman–Crippen MR) is 111 cm³/mol. The summed E-state index contributed by atoms with van der Waals surface area (Å²) in [6, 6.07) is 14.8. The van der Waals surface area contributed by atoms with Crippen LogP contribution in [0.2, 0.25) is 5.02 Å². The summed E-state index contributed by atoms with van der Waals surface area (Å²) in [5.74, 6) is 0.908. The van der Waals surface area contributed by atoms with Gasteiger partial charge in [0.2, 0.25) is 5.95 Å². The first kappa shape index (κ1) is 19.6. The Kier molecular flexibility index (Phi) is 6.45. The molecular weight excluding hydrogens is 376 g/mol. The average Bonchev–Trinajstić information content (AvgIpc) is 2.71. The molecule has 0 spiro atoms. The van der Waals surface area contributed by atoms with Crippen LogP contribution in [0.25, 0.3) is 0 Å². The molecule has 0 bridgehead atoms. The summed E-state index contributed by atoms with van der Waals surface area (Å²) >= 11 is 6.00. The van der Waals surface area contributed by atoms with Crippen molar-refractivity contribution in [2.75, 3.05) is 24.3 Å². The van der Waals surface area contributed by atoms with E-state index in [-0.39, 0.29) is 11.6 Å². The van der Waals surface area contributed by atoms with E-state index in [9.17, 15) is 4.79 Å². The van der Waals surface area contributed by atoms with Gasteiger partial charge in [-0.1, -0.05) is 29.8 Å². The SMILES string of the molecule is COc1cccc(CCNc2nccc(C(=O)Nc3cc(Cl)ccc3C)n2)c1. The van der Waals surface area contributed by atoms with Crippen molar-refractivity contribution in [2.24, 2.45) is 0 Å². The highest BCUT2D eigenvalue weighted by molar-refractivity contribution is 6.31. The number of ether oxygens (including phenoxy) is 1. The summed E-state index contributed by atoms with van der Waals surface area (Å²) in [5, 5.41) is 6.54. The predicted octanol–water partition coefficient (Wildman–Crippen LogP) is 4.35. The van der Waals surface area contributed by atoms with E-state index in [2.05, 4.69) is 20.6 Å². The molecule has 0 aliphatic carbocycles. The molecule has 144 valence electrons. The summed E-state index contributed by atoms with van der Waals surface area (Å²) in [4.78, 5) is 21.0. The number of nitrogens with one attached hydrogen (secondary N) is 2. The zero-order valence-corrected chi connectivity index (χ0v) is 16.5. The molecule has 28 heavy (non-hydrogen) atoms. The smallest absolute Gasteiger partial charge is 0.274 e. The minimum Gasteiger partial charge on any atom is -0.497 e. The lowest BCUT2D eigenvalue weighted by Gasteiger charge is -2.10. The molecule has 2 N–H and O–H groups in total. The molecule has 3 rings (SSSR count). The molecule has 0 unspecified atom stereocenters. The molecule has 7 heteroatoms. The summed E-state index contributed by atoms with van der Waals surface area (Å²) in [6.45, 7) is 2.53. The van der Waals surface area contributed by atoms with Crippen LogP contribution in [0.15, 0.2) is 54.7 Å². The number of hydrogen-bond acceptors (Lipinski definition) is 5. The molecule has 1 heterocycles. The van der Waals surface area contributed by atoms with Gasteiger partial charge in [-0.05, 0) is 54.8 Å². The third kappa shape index (κ3) is 5.20. The van der Waals surface area contributed by atoms with Gasteiger partial charge in [0.1, 0.15) is 11.4 Å². The van der Waals surface area contributed by atoms with Crippen LogP contribution in [0, 0.1) is 6.92 Å². The van der Waals surface area contributed by atoms with Crippen molar-refractivity contribution in [2.45, 2.75) is 13.3 Å². The van der Waals surface area contributed by atoms with Crippen LogP contribution in [0.5, 0.6) is 5.75 Å². The zero-order valence-electron chi connectivity index (χ0n) is 15.7. The van der Waals surface area contributed by atoms with Crippen LogP contribution >= 0.6 is 11.6 Å². The van der Waals surface area contributed by atoms with E-state index < -0.39 is 0 Å². The largest absolute Gasteiger partial charge is 0.497 e. The number of amides is 1. The summed E-state index contributed by atoms with van der Waals surface area (Å²) in [7, 11) is 1.65. The summed E-state index contributed by atoms with van der Waals surface area (Å²) in [5.41, 5.74) is 2.99. The van der Waals surface area contributed by atoms with Crippen molar-refractivity contribution >= 4 is 29.1 Å². The normalized spacial score (nSPS) is 10.4. The van der Waals surface area contributed by atoms with Gasteiger partial charge in [0, 0.05) is 23.5 Å². The van der Waals surface area contributed by atoms with Gasteiger partial charge in [-0.2, -0.15) is 0 Å². The molecule has 1 aromatic heterocycles. The fraction of sp³-hybridized carbons (Fsp3) is 0.190. The lowest BCUT2D eigenvalue weighted by Crippen LogP contribution is -2.16. The first-order valence-electron chi connectivity index (χ1n) is 8.82. The Morgan fingerprint density at radius 1 is 1.18 bits per heavy atom. The van der Waals surface area contributed by atoms with Crippen molar-refractivity contribution in [3.05, 3.63) is 76.6 Å². The number of aromatic nitrogens is 2. The van der Waals surface area contributed by atoms with Crippen LogP contribution in [-0.4, -0.2) is 29.5 Å². The molecule has 0 saturated heterocycles. The Bertz CT molecular complexity index is 978. The number of benzene rings is 2. The van der Waals surface area contributed by atoms with E-state index in [0.29, 0.717) is 23.2 Å². The van der Waals surface area contributed by atoms with Crippen LogP contribution in [-0.2, 0) is 6.42 Å². The van der Waals surface area contributed by atoms with Gasteiger partial charge < -0.3 is 15.4 Å². The van der Waals surface area contributed by atoms with Gasteiger partial charge in [0.25, 0.3) is 5.91 Å². The maximum Gasteiger partial charge on any atom is 0.274 e. The Morgan fingerprint density at radius 2 is 2.04 bits per heavy atom. The number of rotatable bonds is 7. The first-order valence-corrected chi connectivity index (χ1v) is 9.20. The number of anilines is 2. The van der Waals surface area contributed by atoms with Gasteiger partial charge in [0.05, 0.1) is 7.11 Å². The van der Waals surface area contributed by atoms with Crippen LogP contribution in [0.4, 0.5) is 11.6 Å². The standard InChI is InChI=1S/C21H21ClN4O2/c1-14-6-7-16(22)13-19(14)25-20(27)18-9-11-24-21(26-18)23-10-8-15-4-3-5-17(12-15)28-2/h3-7,9,11-13H,8,10H2,1-2H3,(H,25,27)(H,23,24,26). The highest BCUT2D eigenvalue weighted by Crippen LogP contribution is 2.20. The van der Waals surface area contributed by atoms with Gasteiger partial charge in [-0.15, -0.1) is 0 Å². The minimum absolute atomic E-state index is 0.276. The van der Waals surface area contributed by atoms with Gasteiger partial charge in [0.15, 0.2) is 0 Å². The highest BCUT2D eigenvalue weighted by atomic mass is 35.5. The molecule has 1 amide bonds. The molecule has 6 nitrogen and oxygen atoms in total. The van der Waals surface area contributed by atoms with Crippen molar-refractivity contribution in [1.82, 2.24) is 9.97 Å². The number of aryl methyl sites for hydroxylation is 1. The molecule has 3 aromatic rings. The molecule has 0 fully saturated rings. The van der Waals surface area contributed by atoms with E-state index >= 15 is 0 Å². The lowest BCUT2D eigenvalue weighted by molar-refractivity contribution is 0.102. The molecule has 2 aromatic carbocycles. The molecule has 0 radical (unpaired) electrons. The lowest BCUT2D eigenvalue weighted by atomic mass is 10.1. The van der Waals surface area contributed by atoms with Gasteiger partial charge in [-0.3, -0.25) is 4.79 Å². The minimum atomic E-state index is -0.316. The van der Waals surface area contributed by atoms with Crippen molar-refractivity contribution in [3.63, 3.8) is 0 Å². The fourth-order valence-corrected chi connectivity index (χ4v) is 2.80. The second-order valence-electron chi connectivity index (χ2n) is 6.21. The number of carbonyl (C=O) groups is 1. The second kappa shape index (κ2) is 9.19. The zero-order chi connectivity index (χ0) is 19.9. The maximum atomic E-state index is 12.5. The van der Waals surface area contributed by atoms with E-state index in [0.717, 1.165) is 23.3 Å². The summed E-state index contributed by atoms with van der Waals surface area (Å²) < 4.78 is 5.23. The third-order valence-electron chi connectivity index (χ3n) is 4.17. The number of methoxy groups -OCH3 is 1. The van der Waals surface area contributed by atoms with Crippen molar-refractivity contribution < 1.29 is 9.53 Å². The molecule has 0 aliphatic heterocycles. The Balaban J connectivity index is 1.61. The molecule has 0 aliphatic rings. The number of carbonyl (C=O) groups excluding carboxylic acids is 1. The van der Waals surface area contributed by atoms with E-state index in [1.165, 1.54) is 0 Å². The van der Waals surface area contributed by atoms with Crippen LogP contribution in [0.1, 0.15) is 21.6 Å². The molecule has 0 saturated carbocycles. The highest BCUT2D eigenvalue weighted by Gasteiger charge is 2.11. The average molecular weight is 397 g/mol. The van der Waals surface area contributed by atoms with Crippen molar-refractivity contribution in [3.8, 4) is 5.75 Å². The van der Waals surface area contributed by atoms with Crippen LogP contribution < -0.4 is 15.4 Å². The number of hydrogen-bond donors (Lipinski definition) is 2. The number of nitrogens with zero attached hydrogens (tertiary/aromatic N) is 2. The summed E-state index contributed by atoms with van der Waals surface area (Å²) in [6.07, 6.45) is 2.33. The van der Waals surface area contributed by atoms with Crippen molar-refractivity contribution in [1.29, 1.82) is 0 Å². The van der Waals surface area contributed by atoms with Gasteiger partial charge >= 0.3 is 0 Å². The Morgan fingerprint density at radius 3 is 2.86 bits per heavy atom. The second-order valence-corrected chi connectivity index (χ2v) is 6.64. The number of halogens is 1. The van der Waals surface area contributed by atoms with E-state index in [4.69, 9.17) is 16.3 Å². The Labute approximate surface area is 168 Å². The monoisotopic (exact) mass is 396 g/mol. The molecular formula is C21H21ClN4O2. The van der Waals surface area contributed by atoms with E-state index in [1.807, 2.05) is 37.3 Å².